The molecule has 0 saturated carbocycles. The minimum atomic E-state index is -0.0896. The van der Waals surface area contributed by atoms with Crippen LogP contribution in [0.2, 0.25) is 0 Å². The first-order chi connectivity index (χ1) is 11.7. The Bertz CT molecular complexity index is 741. The smallest absolute Gasteiger partial charge is 0.228 e. The van der Waals surface area contributed by atoms with Gasteiger partial charge < -0.3 is 15.0 Å². The number of rotatable bonds is 5. The molecule has 1 aliphatic heterocycles. The Balaban J connectivity index is 1.61. The summed E-state index contributed by atoms with van der Waals surface area (Å²) in [5, 5.41) is 2.87. The molecular weight excluding hydrogens is 304 g/mol. The fraction of sp³-hybridized carbons (Fsp3) is 0.263. The number of carbonyl (C=O) groups is 2. The van der Waals surface area contributed by atoms with E-state index < -0.39 is 0 Å². The molecule has 5 nitrogen and oxygen atoms in total. The third-order valence-corrected chi connectivity index (χ3v) is 4.03. The van der Waals surface area contributed by atoms with Gasteiger partial charge in [-0.1, -0.05) is 12.1 Å². The first-order valence-electron chi connectivity index (χ1n) is 7.99. The second-order valence-corrected chi connectivity index (χ2v) is 5.77. The summed E-state index contributed by atoms with van der Waals surface area (Å²) >= 11 is 0. The topological polar surface area (TPSA) is 58.6 Å². The van der Waals surface area contributed by atoms with Gasteiger partial charge in [-0.25, -0.2) is 0 Å². The average molecular weight is 324 g/mol. The molecule has 2 aromatic carbocycles. The van der Waals surface area contributed by atoms with Gasteiger partial charge in [0.15, 0.2) is 0 Å². The number of hydrogen-bond donors (Lipinski definition) is 1. The highest BCUT2D eigenvalue weighted by Gasteiger charge is 2.21. The summed E-state index contributed by atoms with van der Waals surface area (Å²) < 4.78 is 5.16. The number of anilines is 2. The van der Waals surface area contributed by atoms with Crippen LogP contribution in [0, 0.1) is 0 Å². The van der Waals surface area contributed by atoms with Crippen molar-refractivity contribution in [2.75, 3.05) is 23.9 Å². The van der Waals surface area contributed by atoms with Crippen molar-refractivity contribution in [2.24, 2.45) is 0 Å². The van der Waals surface area contributed by atoms with Crippen LogP contribution in [0.5, 0.6) is 5.75 Å². The predicted octanol–water partition coefficient (Wildman–Crippen LogP) is 3.00. The lowest BCUT2D eigenvalue weighted by molar-refractivity contribution is -0.117. The van der Waals surface area contributed by atoms with Crippen molar-refractivity contribution >= 4 is 23.2 Å². The molecule has 0 radical (unpaired) electrons. The van der Waals surface area contributed by atoms with Gasteiger partial charge in [0.25, 0.3) is 0 Å². The molecule has 2 amide bonds. The summed E-state index contributed by atoms with van der Waals surface area (Å²) in [6.07, 6.45) is 1.79. The lowest BCUT2D eigenvalue weighted by atomic mass is 10.1. The van der Waals surface area contributed by atoms with Gasteiger partial charge in [-0.15, -0.1) is 0 Å². The molecule has 0 aliphatic carbocycles. The van der Waals surface area contributed by atoms with Crippen molar-refractivity contribution in [3.8, 4) is 5.75 Å². The predicted molar refractivity (Wildman–Crippen MR) is 93.4 cm³/mol. The molecule has 0 aromatic heterocycles. The molecule has 3 rings (SSSR count). The fourth-order valence-electron chi connectivity index (χ4n) is 2.82. The van der Waals surface area contributed by atoms with Gasteiger partial charge in [0, 0.05) is 24.3 Å². The number of nitrogens with one attached hydrogen (secondary N) is 1. The van der Waals surface area contributed by atoms with Gasteiger partial charge in [0.1, 0.15) is 5.75 Å². The highest BCUT2D eigenvalue weighted by molar-refractivity contribution is 5.96. The second kappa shape index (κ2) is 7.17. The Hall–Kier alpha value is -2.82. The number of amides is 2. The van der Waals surface area contributed by atoms with Gasteiger partial charge in [-0.05, 0) is 48.4 Å². The van der Waals surface area contributed by atoms with E-state index in [0.717, 1.165) is 35.7 Å². The number of ether oxygens (including phenoxy) is 1. The quantitative estimate of drug-likeness (QED) is 0.920. The normalized spacial score (nSPS) is 13.9. The first kappa shape index (κ1) is 16.1. The van der Waals surface area contributed by atoms with Crippen molar-refractivity contribution in [2.45, 2.75) is 19.3 Å². The molecule has 1 fully saturated rings. The van der Waals surface area contributed by atoms with Crippen LogP contribution in [-0.2, 0) is 16.0 Å². The molecule has 24 heavy (non-hydrogen) atoms. The Kier molecular flexibility index (Phi) is 4.79. The van der Waals surface area contributed by atoms with Crippen LogP contribution < -0.4 is 15.0 Å². The van der Waals surface area contributed by atoms with Crippen molar-refractivity contribution in [1.82, 2.24) is 0 Å². The monoisotopic (exact) mass is 324 g/mol. The van der Waals surface area contributed by atoms with E-state index in [-0.39, 0.29) is 18.2 Å². The number of methoxy groups -OCH3 is 1. The van der Waals surface area contributed by atoms with Crippen LogP contribution in [0.3, 0.4) is 0 Å². The highest BCUT2D eigenvalue weighted by atomic mass is 16.5. The molecule has 0 spiro atoms. The van der Waals surface area contributed by atoms with E-state index in [1.165, 1.54) is 0 Å². The van der Waals surface area contributed by atoms with Gasteiger partial charge >= 0.3 is 0 Å². The van der Waals surface area contributed by atoms with E-state index in [4.69, 9.17) is 4.74 Å². The molecule has 2 aromatic rings. The zero-order chi connectivity index (χ0) is 16.9. The largest absolute Gasteiger partial charge is 0.497 e. The van der Waals surface area contributed by atoms with Crippen LogP contribution in [0.1, 0.15) is 18.4 Å². The maximum absolute atomic E-state index is 12.2. The number of carbonyl (C=O) groups excluding carboxylic acids is 2. The fourth-order valence-corrected chi connectivity index (χ4v) is 2.82. The molecule has 0 atom stereocenters. The Morgan fingerprint density at radius 3 is 2.67 bits per heavy atom. The van der Waals surface area contributed by atoms with Crippen LogP contribution >= 0.6 is 0 Å². The second-order valence-electron chi connectivity index (χ2n) is 5.77. The van der Waals surface area contributed by atoms with Gasteiger partial charge in [0.05, 0.1) is 13.5 Å². The molecule has 0 bridgehead atoms. The molecule has 0 unspecified atom stereocenters. The molecule has 1 N–H and O–H groups in total. The van der Waals surface area contributed by atoms with E-state index in [0.29, 0.717) is 6.42 Å². The Labute approximate surface area is 141 Å². The average Bonchev–Trinajstić information content (AvgIpc) is 3.01. The number of nitrogens with zero attached hydrogens (tertiary/aromatic N) is 1. The van der Waals surface area contributed by atoms with Crippen molar-refractivity contribution in [1.29, 1.82) is 0 Å². The number of benzene rings is 2. The third kappa shape index (κ3) is 3.74. The van der Waals surface area contributed by atoms with E-state index in [1.807, 2.05) is 48.5 Å². The van der Waals surface area contributed by atoms with Crippen LogP contribution in [0.4, 0.5) is 11.4 Å². The SMILES string of the molecule is COc1cccc(CC(=O)Nc2ccc(N3CCCC3=O)cc2)c1. The standard InChI is InChI=1S/C19H20N2O3/c1-24-17-5-2-4-14(12-17)13-18(22)20-15-7-9-16(10-8-15)21-11-3-6-19(21)23/h2,4-5,7-10,12H,3,6,11,13H2,1H3,(H,20,22). The molecule has 1 aliphatic rings. The van der Waals surface area contributed by atoms with E-state index in [1.54, 1.807) is 12.0 Å². The lowest BCUT2D eigenvalue weighted by Gasteiger charge is -2.16. The van der Waals surface area contributed by atoms with E-state index >= 15 is 0 Å². The summed E-state index contributed by atoms with van der Waals surface area (Å²) in [5.41, 5.74) is 2.49. The van der Waals surface area contributed by atoms with Crippen LogP contribution in [0.15, 0.2) is 48.5 Å². The molecular formula is C19H20N2O3. The molecule has 1 saturated heterocycles. The zero-order valence-corrected chi connectivity index (χ0v) is 13.6. The lowest BCUT2D eigenvalue weighted by Crippen LogP contribution is -2.23. The maximum Gasteiger partial charge on any atom is 0.228 e. The van der Waals surface area contributed by atoms with Gasteiger partial charge in [0.2, 0.25) is 11.8 Å². The van der Waals surface area contributed by atoms with Gasteiger partial charge in [-0.2, -0.15) is 0 Å². The Morgan fingerprint density at radius 1 is 1.21 bits per heavy atom. The summed E-state index contributed by atoms with van der Waals surface area (Å²) in [7, 11) is 1.60. The minimum Gasteiger partial charge on any atom is -0.497 e. The summed E-state index contributed by atoms with van der Waals surface area (Å²) in [6, 6.07) is 14.8. The van der Waals surface area contributed by atoms with E-state index in [2.05, 4.69) is 5.32 Å². The van der Waals surface area contributed by atoms with Crippen molar-refractivity contribution in [3.05, 3.63) is 54.1 Å². The Morgan fingerprint density at radius 2 is 2.00 bits per heavy atom. The molecule has 124 valence electrons. The summed E-state index contributed by atoms with van der Waals surface area (Å²) in [5.74, 6) is 0.804. The third-order valence-electron chi connectivity index (χ3n) is 4.03. The maximum atomic E-state index is 12.2. The molecule has 1 heterocycles. The first-order valence-corrected chi connectivity index (χ1v) is 7.99. The minimum absolute atomic E-state index is 0.0896. The van der Waals surface area contributed by atoms with E-state index in [9.17, 15) is 9.59 Å². The number of hydrogen-bond acceptors (Lipinski definition) is 3. The summed E-state index contributed by atoms with van der Waals surface area (Å²) in [4.78, 5) is 25.7. The molecule has 5 heteroatoms. The van der Waals surface area contributed by atoms with Crippen LogP contribution in [-0.4, -0.2) is 25.5 Å². The summed E-state index contributed by atoms with van der Waals surface area (Å²) in [6.45, 7) is 0.764. The van der Waals surface area contributed by atoms with Gasteiger partial charge in [-0.3, -0.25) is 9.59 Å². The van der Waals surface area contributed by atoms with Crippen LogP contribution in [0.25, 0.3) is 0 Å². The van der Waals surface area contributed by atoms with Crippen molar-refractivity contribution in [3.63, 3.8) is 0 Å². The van der Waals surface area contributed by atoms with Crippen molar-refractivity contribution < 1.29 is 14.3 Å². The highest BCUT2D eigenvalue weighted by Crippen LogP contribution is 2.23. The zero-order valence-electron chi connectivity index (χ0n) is 13.6.